The van der Waals surface area contributed by atoms with Gasteiger partial charge in [0.15, 0.2) is 0 Å². The highest BCUT2D eigenvalue weighted by atomic mass is 16.5. The fourth-order valence-corrected chi connectivity index (χ4v) is 2.66. The van der Waals surface area contributed by atoms with Crippen LogP contribution in [0.1, 0.15) is 42.5 Å². The number of benzene rings is 1. The third-order valence-corrected chi connectivity index (χ3v) is 3.83. The highest BCUT2D eigenvalue weighted by Gasteiger charge is 2.11. The molecule has 0 fully saturated rings. The summed E-state index contributed by atoms with van der Waals surface area (Å²) in [4.78, 5) is 4.25. The molecule has 0 spiro atoms. The lowest BCUT2D eigenvalue weighted by molar-refractivity contribution is 0.460. The minimum atomic E-state index is -0.0103. The molecule has 0 saturated heterocycles. The van der Waals surface area contributed by atoms with Gasteiger partial charge in [0, 0.05) is 18.3 Å². The Labute approximate surface area is 119 Å². The topological polar surface area (TPSA) is 48.1 Å². The van der Waals surface area contributed by atoms with E-state index in [0.717, 1.165) is 17.7 Å². The van der Waals surface area contributed by atoms with Gasteiger partial charge in [-0.1, -0.05) is 6.07 Å². The van der Waals surface area contributed by atoms with Gasteiger partial charge in [-0.25, -0.2) is 4.98 Å². The van der Waals surface area contributed by atoms with Crippen molar-refractivity contribution in [2.24, 2.45) is 5.73 Å². The van der Waals surface area contributed by atoms with Gasteiger partial charge < -0.3 is 10.5 Å². The maximum atomic E-state index is 5.88. The average Bonchev–Trinajstić information content (AvgIpc) is 2.47. The van der Waals surface area contributed by atoms with E-state index in [-0.39, 0.29) is 6.04 Å². The summed E-state index contributed by atoms with van der Waals surface area (Å²) in [6.45, 7) is 1.96. The summed E-state index contributed by atoms with van der Waals surface area (Å²) >= 11 is 0. The molecular weight excluding hydrogens is 248 g/mol. The van der Waals surface area contributed by atoms with E-state index in [2.05, 4.69) is 17.1 Å². The van der Waals surface area contributed by atoms with Gasteiger partial charge >= 0.3 is 0 Å². The van der Waals surface area contributed by atoms with Crippen LogP contribution in [-0.4, -0.2) is 4.98 Å². The standard InChI is InChI=1S/C17H20N2O/c1-12(18)14-8-9-19-17(11-14)20-16-7-6-13-4-2-3-5-15(13)10-16/h6-12H,2-5,18H2,1H3/t12-/m0/s1. The van der Waals surface area contributed by atoms with Gasteiger partial charge in [0.1, 0.15) is 5.75 Å². The van der Waals surface area contributed by atoms with E-state index in [1.54, 1.807) is 6.20 Å². The highest BCUT2D eigenvalue weighted by molar-refractivity contribution is 5.39. The molecule has 104 valence electrons. The molecule has 2 aromatic rings. The van der Waals surface area contributed by atoms with Crippen molar-refractivity contribution in [2.75, 3.05) is 0 Å². The molecule has 0 aliphatic heterocycles. The molecule has 3 rings (SSSR count). The molecule has 0 bridgehead atoms. The lowest BCUT2D eigenvalue weighted by atomic mass is 9.92. The largest absolute Gasteiger partial charge is 0.439 e. The molecular formula is C17H20N2O. The Balaban J connectivity index is 1.82. The third kappa shape index (κ3) is 2.83. The van der Waals surface area contributed by atoms with Crippen molar-refractivity contribution in [3.05, 3.63) is 53.2 Å². The number of aryl methyl sites for hydroxylation is 2. The van der Waals surface area contributed by atoms with E-state index >= 15 is 0 Å². The Hall–Kier alpha value is -1.87. The van der Waals surface area contributed by atoms with E-state index in [9.17, 15) is 0 Å². The number of hydrogen-bond donors (Lipinski definition) is 1. The zero-order chi connectivity index (χ0) is 13.9. The molecule has 1 aliphatic rings. The molecule has 1 heterocycles. The van der Waals surface area contributed by atoms with Crippen LogP contribution in [0.3, 0.4) is 0 Å². The summed E-state index contributed by atoms with van der Waals surface area (Å²) in [5.74, 6) is 1.47. The first kappa shape index (κ1) is 13.1. The van der Waals surface area contributed by atoms with Crippen molar-refractivity contribution in [3.8, 4) is 11.6 Å². The predicted molar refractivity (Wildman–Crippen MR) is 80.0 cm³/mol. The zero-order valence-corrected chi connectivity index (χ0v) is 11.8. The Morgan fingerprint density at radius 2 is 1.90 bits per heavy atom. The molecule has 0 saturated carbocycles. The Bertz CT molecular complexity index is 608. The summed E-state index contributed by atoms with van der Waals surface area (Å²) in [7, 11) is 0. The lowest BCUT2D eigenvalue weighted by Crippen LogP contribution is -2.05. The fraction of sp³-hybridized carbons (Fsp3) is 0.353. The van der Waals surface area contributed by atoms with Crippen LogP contribution >= 0.6 is 0 Å². The lowest BCUT2D eigenvalue weighted by Gasteiger charge is -2.16. The first-order valence-electron chi connectivity index (χ1n) is 7.23. The molecule has 3 nitrogen and oxygen atoms in total. The Morgan fingerprint density at radius 3 is 2.70 bits per heavy atom. The molecule has 3 heteroatoms. The summed E-state index contributed by atoms with van der Waals surface area (Å²) in [5.41, 5.74) is 9.79. The van der Waals surface area contributed by atoms with Crippen molar-refractivity contribution < 1.29 is 4.74 Å². The second-order valence-corrected chi connectivity index (χ2v) is 5.46. The van der Waals surface area contributed by atoms with Gasteiger partial charge in [-0.2, -0.15) is 0 Å². The van der Waals surface area contributed by atoms with E-state index in [0.29, 0.717) is 5.88 Å². The number of aromatic nitrogens is 1. The molecule has 0 amide bonds. The smallest absolute Gasteiger partial charge is 0.219 e. The summed E-state index contributed by atoms with van der Waals surface area (Å²) in [6, 6.07) is 10.2. The maximum Gasteiger partial charge on any atom is 0.219 e. The minimum absolute atomic E-state index is 0.0103. The number of nitrogens with two attached hydrogens (primary N) is 1. The quantitative estimate of drug-likeness (QED) is 0.921. The summed E-state index contributed by atoms with van der Waals surface area (Å²) in [5, 5.41) is 0. The molecule has 0 radical (unpaired) electrons. The molecule has 1 atom stereocenters. The number of fused-ring (bicyclic) bond motifs is 1. The normalized spacial score (nSPS) is 15.5. The number of pyridine rings is 1. The zero-order valence-electron chi connectivity index (χ0n) is 11.8. The van der Waals surface area contributed by atoms with Crippen molar-refractivity contribution >= 4 is 0 Å². The van der Waals surface area contributed by atoms with Crippen molar-refractivity contribution in [2.45, 2.75) is 38.6 Å². The van der Waals surface area contributed by atoms with Gasteiger partial charge in [0.25, 0.3) is 0 Å². The molecule has 1 aromatic carbocycles. The second-order valence-electron chi connectivity index (χ2n) is 5.46. The van der Waals surface area contributed by atoms with E-state index in [1.807, 2.05) is 25.1 Å². The highest BCUT2D eigenvalue weighted by Crippen LogP contribution is 2.28. The van der Waals surface area contributed by atoms with Gasteiger partial charge in [0.2, 0.25) is 5.88 Å². The molecule has 20 heavy (non-hydrogen) atoms. The third-order valence-electron chi connectivity index (χ3n) is 3.83. The van der Waals surface area contributed by atoms with Crippen molar-refractivity contribution in [1.29, 1.82) is 0 Å². The molecule has 0 unspecified atom stereocenters. The van der Waals surface area contributed by atoms with Crippen LogP contribution in [-0.2, 0) is 12.8 Å². The van der Waals surface area contributed by atoms with E-state index in [4.69, 9.17) is 10.5 Å². The van der Waals surface area contributed by atoms with Crippen molar-refractivity contribution in [3.63, 3.8) is 0 Å². The second kappa shape index (κ2) is 5.63. The number of rotatable bonds is 3. The molecule has 1 aromatic heterocycles. The molecule has 2 N–H and O–H groups in total. The van der Waals surface area contributed by atoms with Crippen LogP contribution in [0.4, 0.5) is 0 Å². The minimum Gasteiger partial charge on any atom is -0.439 e. The number of nitrogens with zero attached hydrogens (tertiary/aromatic N) is 1. The van der Waals surface area contributed by atoms with Crippen LogP contribution in [0.25, 0.3) is 0 Å². The molecule has 1 aliphatic carbocycles. The predicted octanol–water partition coefficient (Wildman–Crippen LogP) is 3.77. The van der Waals surface area contributed by atoms with E-state index in [1.165, 1.54) is 30.4 Å². The Morgan fingerprint density at radius 1 is 1.10 bits per heavy atom. The first-order chi connectivity index (χ1) is 9.72. The van der Waals surface area contributed by atoms with Gasteiger partial charge in [-0.05, 0) is 67.5 Å². The van der Waals surface area contributed by atoms with Crippen molar-refractivity contribution in [1.82, 2.24) is 4.98 Å². The van der Waals surface area contributed by atoms with Gasteiger partial charge in [-0.3, -0.25) is 0 Å². The fourth-order valence-electron chi connectivity index (χ4n) is 2.66. The van der Waals surface area contributed by atoms with Crippen LogP contribution in [0.5, 0.6) is 11.6 Å². The number of ether oxygens (including phenoxy) is 1. The number of hydrogen-bond acceptors (Lipinski definition) is 3. The maximum absolute atomic E-state index is 5.88. The Kier molecular flexibility index (Phi) is 3.70. The van der Waals surface area contributed by atoms with Crippen LogP contribution < -0.4 is 10.5 Å². The van der Waals surface area contributed by atoms with Gasteiger partial charge in [0.05, 0.1) is 0 Å². The monoisotopic (exact) mass is 268 g/mol. The SMILES string of the molecule is C[C@H](N)c1ccnc(Oc2ccc3c(c2)CCCC3)c1. The summed E-state index contributed by atoms with van der Waals surface area (Å²) in [6.07, 6.45) is 6.65. The van der Waals surface area contributed by atoms with Crippen LogP contribution in [0.2, 0.25) is 0 Å². The summed E-state index contributed by atoms with van der Waals surface area (Å²) < 4.78 is 5.87. The van der Waals surface area contributed by atoms with Crippen LogP contribution in [0, 0.1) is 0 Å². The first-order valence-corrected chi connectivity index (χ1v) is 7.23. The van der Waals surface area contributed by atoms with Gasteiger partial charge in [-0.15, -0.1) is 0 Å². The van der Waals surface area contributed by atoms with E-state index < -0.39 is 0 Å². The average molecular weight is 268 g/mol. The van der Waals surface area contributed by atoms with Crippen LogP contribution in [0.15, 0.2) is 36.5 Å².